The Labute approximate surface area is 124 Å². The van der Waals surface area contributed by atoms with Crippen LogP contribution in [0, 0.1) is 6.92 Å². The van der Waals surface area contributed by atoms with Gasteiger partial charge in [0, 0.05) is 23.8 Å². The molecular weight excluding hydrogens is 244 g/mol. The lowest BCUT2D eigenvalue weighted by molar-refractivity contribution is 0.625. The summed E-state index contributed by atoms with van der Waals surface area (Å²) in [7, 11) is 0. The van der Waals surface area contributed by atoms with Crippen molar-refractivity contribution in [2.24, 2.45) is 5.73 Å². The number of anilines is 1. The summed E-state index contributed by atoms with van der Waals surface area (Å²) in [5, 5.41) is 0. The van der Waals surface area contributed by atoms with Crippen molar-refractivity contribution in [3.8, 4) is 0 Å². The molecule has 1 saturated heterocycles. The Morgan fingerprint density at radius 3 is 2.65 bits per heavy atom. The standard InChI is InChI=1S/C18H30N2/c1-5-16(19)12-15-8-10-18(13(3)11-15)20-14(4)7-9-17(20)6-2/h8,10-11,14,16-17H,5-7,9,12,19H2,1-4H3. The van der Waals surface area contributed by atoms with E-state index < -0.39 is 0 Å². The van der Waals surface area contributed by atoms with Crippen molar-refractivity contribution in [1.29, 1.82) is 0 Å². The second-order valence-electron chi connectivity index (χ2n) is 6.39. The van der Waals surface area contributed by atoms with Crippen LogP contribution in [0.5, 0.6) is 0 Å². The number of benzene rings is 1. The van der Waals surface area contributed by atoms with Crippen LogP contribution >= 0.6 is 0 Å². The van der Waals surface area contributed by atoms with Crippen LogP contribution in [-0.4, -0.2) is 18.1 Å². The number of hydrogen-bond donors (Lipinski definition) is 1. The maximum absolute atomic E-state index is 6.07. The zero-order valence-corrected chi connectivity index (χ0v) is 13.5. The van der Waals surface area contributed by atoms with E-state index in [4.69, 9.17) is 5.73 Å². The van der Waals surface area contributed by atoms with Crippen molar-refractivity contribution in [3.63, 3.8) is 0 Å². The van der Waals surface area contributed by atoms with Gasteiger partial charge in [-0.3, -0.25) is 0 Å². The largest absolute Gasteiger partial charge is 0.366 e. The highest BCUT2D eigenvalue weighted by atomic mass is 15.2. The molecule has 1 aliphatic rings. The predicted molar refractivity (Wildman–Crippen MR) is 88.4 cm³/mol. The molecule has 0 bridgehead atoms. The normalized spacial score (nSPS) is 24.1. The maximum atomic E-state index is 6.07. The number of nitrogens with zero attached hydrogens (tertiary/aromatic N) is 1. The summed E-state index contributed by atoms with van der Waals surface area (Å²) in [5.74, 6) is 0. The molecule has 0 amide bonds. The Kier molecular flexibility index (Phi) is 5.09. The van der Waals surface area contributed by atoms with Gasteiger partial charge in [-0.05, 0) is 63.1 Å². The van der Waals surface area contributed by atoms with E-state index in [1.54, 1.807) is 0 Å². The molecule has 2 rings (SSSR count). The lowest BCUT2D eigenvalue weighted by Gasteiger charge is -2.32. The fourth-order valence-electron chi connectivity index (χ4n) is 3.49. The monoisotopic (exact) mass is 274 g/mol. The van der Waals surface area contributed by atoms with E-state index in [-0.39, 0.29) is 6.04 Å². The zero-order chi connectivity index (χ0) is 14.7. The van der Waals surface area contributed by atoms with Crippen LogP contribution in [0.2, 0.25) is 0 Å². The van der Waals surface area contributed by atoms with E-state index in [0.717, 1.165) is 12.8 Å². The minimum atomic E-state index is 0.286. The van der Waals surface area contributed by atoms with Gasteiger partial charge in [0.25, 0.3) is 0 Å². The minimum Gasteiger partial charge on any atom is -0.366 e. The van der Waals surface area contributed by atoms with Crippen molar-refractivity contribution >= 4 is 5.69 Å². The van der Waals surface area contributed by atoms with Crippen LogP contribution in [0.1, 0.15) is 57.6 Å². The van der Waals surface area contributed by atoms with Crippen molar-refractivity contribution in [2.45, 2.75) is 77.9 Å². The highest BCUT2D eigenvalue weighted by Crippen LogP contribution is 2.34. The summed E-state index contributed by atoms with van der Waals surface area (Å²) >= 11 is 0. The number of nitrogens with two attached hydrogens (primary N) is 1. The van der Waals surface area contributed by atoms with E-state index in [2.05, 4.69) is 50.8 Å². The molecule has 1 fully saturated rings. The van der Waals surface area contributed by atoms with Gasteiger partial charge < -0.3 is 10.6 Å². The molecule has 2 heteroatoms. The molecular formula is C18H30N2. The van der Waals surface area contributed by atoms with Crippen LogP contribution < -0.4 is 10.6 Å². The molecule has 0 aromatic heterocycles. The van der Waals surface area contributed by atoms with E-state index in [1.165, 1.54) is 36.1 Å². The fraction of sp³-hybridized carbons (Fsp3) is 0.667. The summed E-state index contributed by atoms with van der Waals surface area (Å²) in [6.07, 6.45) is 5.93. The molecule has 3 unspecified atom stereocenters. The molecule has 1 aromatic rings. The lowest BCUT2D eigenvalue weighted by atomic mass is 10.0. The molecule has 0 radical (unpaired) electrons. The van der Waals surface area contributed by atoms with Gasteiger partial charge in [-0.25, -0.2) is 0 Å². The Balaban J connectivity index is 2.20. The molecule has 3 atom stereocenters. The quantitative estimate of drug-likeness (QED) is 0.878. The predicted octanol–water partition coefficient (Wildman–Crippen LogP) is 4.04. The number of aryl methyl sites for hydroxylation is 1. The van der Waals surface area contributed by atoms with Crippen LogP contribution in [0.4, 0.5) is 5.69 Å². The Morgan fingerprint density at radius 1 is 1.30 bits per heavy atom. The number of hydrogen-bond acceptors (Lipinski definition) is 2. The highest BCUT2D eigenvalue weighted by molar-refractivity contribution is 5.57. The molecule has 1 heterocycles. The molecule has 1 aromatic carbocycles. The van der Waals surface area contributed by atoms with Crippen molar-refractivity contribution in [3.05, 3.63) is 29.3 Å². The lowest BCUT2D eigenvalue weighted by Crippen LogP contribution is -2.34. The Morgan fingerprint density at radius 2 is 2.05 bits per heavy atom. The Bertz CT molecular complexity index is 441. The molecule has 0 aliphatic carbocycles. The number of rotatable bonds is 5. The third-order valence-corrected chi connectivity index (χ3v) is 4.82. The van der Waals surface area contributed by atoms with Gasteiger partial charge in [0.05, 0.1) is 0 Å². The van der Waals surface area contributed by atoms with Crippen molar-refractivity contribution in [2.75, 3.05) is 4.90 Å². The van der Waals surface area contributed by atoms with Gasteiger partial charge in [0.1, 0.15) is 0 Å². The first-order chi connectivity index (χ1) is 9.56. The average Bonchev–Trinajstić information content (AvgIpc) is 2.80. The van der Waals surface area contributed by atoms with Crippen molar-refractivity contribution < 1.29 is 0 Å². The first kappa shape index (κ1) is 15.4. The topological polar surface area (TPSA) is 29.3 Å². The molecule has 2 N–H and O–H groups in total. The van der Waals surface area contributed by atoms with Crippen LogP contribution in [0.15, 0.2) is 18.2 Å². The van der Waals surface area contributed by atoms with Gasteiger partial charge in [0.2, 0.25) is 0 Å². The fourth-order valence-corrected chi connectivity index (χ4v) is 3.49. The van der Waals surface area contributed by atoms with Crippen molar-refractivity contribution in [1.82, 2.24) is 0 Å². The Hall–Kier alpha value is -1.02. The maximum Gasteiger partial charge on any atom is 0.0401 e. The molecule has 20 heavy (non-hydrogen) atoms. The van der Waals surface area contributed by atoms with E-state index >= 15 is 0 Å². The van der Waals surface area contributed by atoms with E-state index in [0.29, 0.717) is 12.1 Å². The van der Waals surface area contributed by atoms with Gasteiger partial charge >= 0.3 is 0 Å². The molecule has 112 valence electrons. The molecule has 0 spiro atoms. The SMILES string of the molecule is CCC(N)Cc1ccc(N2C(C)CCC2CC)c(C)c1. The molecule has 0 saturated carbocycles. The molecule has 1 aliphatic heterocycles. The zero-order valence-electron chi connectivity index (χ0n) is 13.5. The summed E-state index contributed by atoms with van der Waals surface area (Å²) in [5.41, 5.74) is 10.3. The minimum absolute atomic E-state index is 0.286. The summed E-state index contributed by atoms with van der Waals surface area (Å²) in [6.45, 7) is 9.06. The van der Waals surface area contributed by atoms with E-state index in [1.807, 2.05) is 0 Å². The molecule has 2 nitrogen and oxygen atoms in total. The highest BCUT2D eigenvalue weighted by Gasteiger charge is 2.30. The summed E-state index contributed by atoms with van der Waals surface area (Å²) in [6, 6.07) is 8.60. The third-order valence-electron chi connectivity index (χ3n) is 4.82. The first-order valence-electron chi connectivity index (χ1n) is 8.20. The third kappa shape index (κ3) is 3.17. The van der Waals surface area contributed by atoms with E-state index in [9.17, 15) is 0 Å². The van der Waals surface area contributed by atoms with Gasteiger partial charge in [-0.1, -0.05) is 26.0 Å². The summed E-state index contributed by atoms with van der Waals surface area (Å²) in [4.78, 5) is 2.64. The van der Waals surface area contributed by atoms with Gasteiger partial charge in [0.15, 0.2) is 0 Å². The van der Waals surface area contributed by atoms with Crippen LogP contribution in [-0.2, 0) is 6.42 Å². The smallest absolute Gasteiger partial charge is 0.0401 e. The second-order valence-corrected chi connectivity index (χ2v) is 6.39. The van der Waals surface area contributed by atoms with Crippen LogP contribution in [0.3, 0.4) is 0 Å². The summed E-state index contributed by atoms with van der Waals surface area (Å²) < 4.78 is 0. The second kappa shape index (κ2) is 6.62. The average molecular weight is 274 g/mol. The van der Waals surface area contributed by atoms with Crippen LogP contribution in [0.25, 0.3) is 0 Å². The first-order valence-corrected chi connectivity index (χ1v) is 8.20. The van der Waals surface area contributed by atoms with Gasteiger partial charge in [-0.15, -0.1) is 0 Å². The van der Waals surface area contributed by atoms with Gasteiger partial charge in [-0.2, -0.15) is 0 Å².